The van der Waals surface area contributed by atoms with Crippen molar-refractivity contribution in [2.24, 2.45) is 5.10 Å². The maximum atomic E-state index is 5.46. The number of aromatic nitrogens is 4. The molecule has 33 heavy (non-hydrogen) atoms. The largest absolute Gasteiger partial charge is 0.341 e. The van der Waals surface area contributed by atoms with Gasteiger partial charge < -0.3 is 4.57 Å². The zero-order valence-corrected chi connectivity index (χ0v) is 20.1. The third-order valence-electron chi connectivity index (χ3n) is 6.09. The van der Waals surface area contributed by atoms with Crippen LogP contribution in [0.25, 0.3) is 33.2 Å². The fourth-order valence-corrected chi connectivity index (χ4v) is 4.50. The lowest BCUT2D eigenvalue weighted by Gasteiger charge is -2.18. The number of rotatable bonds is 4. The highest BCUT2D eigenvalue weighted by atomic mass is 32.1. The van der Waals surface area contributed by atoms with Crippen molar-refractivity contribution in [3.8, 4) is 11.4 Å². The number of aryl methyl sites for hydroxylation is 1. The van der Waals surface area contributed by atoms with E-state index in [0.29, 0.717) is 10.6 Å². The van der Waals surface area contributed by atoms with Crippen LogP contribution < -0.4 is 0 Å². The summed E-state index contributed by atoms with van der Waals surface area (Å²) in [4.78, 5) is 0. The standard InChI is InChI=1S/C27H27N5S/c1-5-31-23-9-7-6-8-21(23)22-16-18(10-15-24(22)31)17-28-32-25(29-30-26(32)33)19-11-13-20(14-12-19)27(2,3)4/h6-17H,5H2,1-4H3,(H,30,33). The van der Waals surface area contributed by atoms with E-state index in [9.17, 15) is 0 Å². The third-order valence-corrected chi connectivity index (χ3v) is 6.36. The molecule has 0 saturated carbocycles. The molecule has 0 spiro atoms. The molecule has 5 nitrogen and oxygen atoms in total. The highest BCUT2D eigenvalue weighted by molar-refractivity contribution is 7.71. The first-order valence-electron chi connectivity index (χ1n) is 11.2. The van der Waals surface area contributed by atoms with Gasteiger partial charge in [0.25, 0.3) is 0 Å². The number of nitrogens with one attached hydrogen (secondary N) is 1. The Kier molecular flexibility index (Phi) is 5.25. The number of nitrogens with zero attached hydrogens (tertiary/aromatic N) is 4. The minimum atomic E-state index is 0.0982. The van der Waals surface area contributed by atoms with E-state index in [0.717, 1.165) is 17.7 Å². The zero-order chi connectivity index (χ0) is 23.2. The first kappa shape index (κ1) is 21.3. The van der Waals surface area contributed by atoms with Crippen molar-refractivity contribution in [1.29, 1.82) is 0 Å². The van der Waals surface area contributed by atoms with Crippen LogP contribution in [0.4, 0.5) is 0 Å². The number of aromatic amines is 1. The Morgan fingerprint density at radius 3 is 2.42 bits per heavy atom. The van der Waals surface area contributed by atoms with Crippen molar-refractivity contribution in [2.75, 3.05) is 0 Å². The molecule has 0 aliphatic carbocycles. The number of hydrogen-bond donors (Lipinski definition) is 1. The summed E-state index contributed by atoms with van der Waals surface area (Å²) in [6.07, 6.45) is 1.84. The van der Waals surface area contributed by atoms with Gasteiger partial charge in [-0.2, -0.15) is 14.9 Å². The van der Waals surface area contributed by atoms with Gasteiger partial charge in [0.05, 0.1) is 6.21 Å². The van der Waals surface area contributed by atoms with E-state index in [1.165, 1.54) is 27.4 Å². The first-order valence-corrected chi connectivity index (χ1v) is 11.6. The highest BCUT2D eigenvalue weighted by Crippen LogP contribution is 2.29. The molecular formula is C27H27N5S. The first-order chi connectivity index (χ1) is 15.9. The van der Waals surface area contributed by atoms with E-state index in [1.807, 2.05) is 6.21 Å². The maximum Gasteiger partial charge on any atom is 0.216 e. The highest BCUT2D eigenvalue weighted by Gasteiger charge is 2.15. The Labute approximate surface area is 198 Å². The molecule has 5 aromatic rings. The van der Waals surface area contributed by atoms with Crippen molar-refractivity contribution in [3.63, 3.8) is 0 Å². The van der Waals surface area contributed by atoms with Crippen LogP contribution in [0, 0.1) is 4.77 Å². The van der Waals surface area contributed by atoms with E-state index in [2.05, 4.69) is 114 Å². The van der Waals surface area contributed by atoms with Gasteiger partial charge in [-0.3, -0.25) is 0 Å². The molecule has 0 amide bonds. The van der Waals surface area contributed by atoms with Crippen LogP contribution in [0.5, 0.6) is 0 Å². The average Bonchev–Trinajstić information content (AvgIpc) is 3.34. The molecular weight excluding hydrogens is 426 g/mol. The summed E-state index contributed by atoms with van der Waals surface area (Å²) >= 11 is 5.46. The topological polar surface area (TPSA) is 50.9 Å². The summed E-state index contributed by atoms with van der Waals surface area (Å²) in [5.74, 6) is 0.695. The second-order valence-electron chi connectivity index (χ2n) is 9.27. The average molecular weight is 454 g/mol. The SMILES string of the molecule is CCn1c2ccccc2c2cc(C=Nn3c(-c4ccc(C(C)(C)C)cc4)n[nH]c3=S)ccc21. The van der Waals surface area contributed by atoms with Gasteiger partial charge in [-0.25, -0.2) is 5.10 Å². The normalized spacial score (nSPS) is 12.4. The number of para-hydroxylation sites is 1. The summed E-state index contributed by atoms with van der Waals surface area (Å²) in [6.45, 7) is 9.72. The number of fused-ring (bicyclic) bond motifs is 3. The van der Waals surface area contributed by atoms with E-state index in [-0.39, 0.29) is 5.41 Å². The molecule has 2 heterocycles. The second-order valence-corrected chi connectivity index (χ2v) is 9.66. The monoisotopic (exact) mass is 453 g/mol. The molecule has 0 aliphatic rings. The summed E-state index contributed by atoms with van der Waals surface area (Å²) in [7, 11) is 0. The van der Waals surface area contributed by atoms with E-state index in [1.54, 1.807) is 4.68 Å². The minimum Gasteiger partial charge on any atom is -0.341 e. The molecule has 166 valence electrons. The van der Waals surface area contributed by atoms with Gasteiger partial charge >= 0.3 is 0 Å². The van der Waals surface area contributed by atoms with E-state index < -0.39 is 0 Å². The molecule has 5 rings (SSSR count). The molecule has 0 aliphatic heterocycles. The van der Waals surface area contributed by atoms with Crippen molar-refractivity contribution in [1.82, 2.24) is 19.4 Å². The van der Waals surface area contributed by atoms with Crippen molar-refractivity contribution in [3.05, 3.63) is 82.6 Å². The van der Waals surface area contributed by atoms with Gasteiger partial charge in [0.1, 0.15) is 0 Å². The molecule has 1 N–H and O–H groups in total. The Bertz CT molecular complexity index is 1540. The van der Waals surface area contributed by atoms with Crippen molar-refractivity contribution in [2.45, 2.75) is 39.7 Å². The predicted molar refractivity (Wildman–Crippen MR) is 140 cm³/mol. The fraction of sp³-hybridized carbons (Fsp3) is 0.222. The minimum absolute atomic E-state index is 0.0982. The summed E-state index contributed by atoms with van der Waals surface area (Å²) in [6, 6.07) is 23.4. The van der Waals surface area contributed by atoms with E-state index >= 15 is 0 Å². The Balaban J connectivity index is 1.53. The smallest absolute Gasteiger partial charge is 0.216 e. The second kappa shape index (κ2) is 8.12. The molecule has 0 unspecified atom stereocenters. The van der Waals surface area contributed by atoms with Crippen molar-refractivity contribution >= 4 is 40.2 Å². The van der Waals surface area contributed by atoms with Gasteiger partial charge in [-0.15, -0.1) is 0 Å². The Hall–Kier alpha value is -3.51. The predicted octanol–water partition coefficient (Wildman–Crippen LogP) is 6.92. The van der Waals surface area contributed by atoms with Crippen LogP contribution in [-0.2, 0) is 12.0 Å². The lowest BCUT2D eigenvalue weighted by atomic mass is 9.87. The summed E-state index contributed by atoms with van der Waals surface area (Å²) in [5, 5.41) is 14.5. The van der Waals surface area contributed by atoms with Gasteiger partial charge in [-0.1, -0.05) is 69.3 Å². The van der Waals surface area contributed by atoms with Crippen LogP contribution in [0.3, 0.4) is 0 Å². The van der Waals surface area contributed by atoms with Crippen LogP contribution >= 0.6 is 12.2 Å². The van der Waals surface area contributed by atoms with Crippen LogP contribution in [0.1, 0.15) is 38.8 Å². The fourth-order valence-electron chi connectivity index (χ4n) is 4.32. The Morgan fingerprint density at radius 2 is 1.70 bits per heavy atom. The lowest BCUT2D eigenvalue weighted by molar-refractivity contribution is 0.590. The molecule has 0 bridgehead atoms. The molecule has 0 saturated heterocycles. The summed E-state index contributed by atoms with van der Waals surface area (Å²) < 4.78 is 4.49. The van der Waals surface area contributed by atoms with Crippen LogP contribution in [0.15, 0.2) is 71.8 Å². The zero-order valence-electron chi connectivity index (χ0n) is 19.3. The quantitative estimate of drug-likeness (QED) is 0.237. The summed E-state index contributed by atoms with van der Waals surface area (Å²) in [5.41, 5.74) is 5.83. The molecule has 3 aromatic carbocycles. The van der Waals surface area contributed by atoms with Gasteiger partial charge in [0.15, 0.2) is 5.82 Å². The molecule has 0 radical (unpaired) electrons. The number of benzene rings is 3. The number of H-pyrrole nitrogens is 1. The molecule has 0 atom stereocenters. The Morgan fingerprint density at radius 1 is 0.970 bits per heavy atom. The molecule has 6 heteroatoms. The van der Waals surface area contributed by atoms with Crippen LogP contribution in [-0.4, -0.2) is 25.7 Å². The molecule has 0 fully saturated rings. The third kappa shape index (κ3) is 3.80. The van der Waals surface area contributed by atoms with Gasteiger partial charge in [0.2, 0.25) is 4.77 Å². The van der Waals surface area contributed by atoms with Gasteiger partial charge in [-0.05, 0) is 53.9 Å². The van der Waals surface area contributed by atoms with Crippen molar-refractivity contribution < 1.29 is 0 Å². The van der Waals surface area contributed by atoms with Gasteiger partial charge in [0, 0.05) is 33.9 Å². The van der Waals surface area contributed by atoms with E-state index in [4.69, 9.17) is 12.2 Å². The van der Waals surface area contributed by atoms with Crippen LogP contribution in [0.2, 0.25) is 0 Å². The molecule has 2 aromatic heterocycles. The lowest BCUT2D eigenvalue weighted by Crippen LogP contribution is -2.10. The number of hydrogen-bond acceptors (Lipinski definition) is 3. The maximum absolute atomic E-state index is 5.46.